The molecule has 84 valence electrons. The van der Waals surface area contributed by atoms with E-state index in [-0.39, 0.29) is 5.82 Å². The molecule has 0 amide bonds. The van der Waals surface area contributed by atoms with E-state index in [1.54, 1.807) is 12.1 Å². The molecule has 1 aromatic carbocycles. The first-order chi connectivity index (χ1) is 7.72. The lowest BCUT2D eigenvalue weighted by molar-refractivity contribution is 0.628. The zero-order valence-electron chi connectivity index (χ0n) is 9.13. The van der Waals surface area contributed by atoms with Crippen molar-refractivity contribution in [2.75, 3.05) is 5.73 Å². The first kappa shape index (κ1) is 10.7. The van der Waals surface area contributed by atoms with Crippen LogP contribution in [0.5, 0.6) is 0 Å². The molecule has 0 aliphatic carbocycles. The molecule has 4 heteroatoms. The number of benzene rings is 1. The minimum Gasteiger partial charge on any atom is -0.382 e. The Morgan fingerprint density at radius 2 is 2.00 bits per heavy atom. The number of H-pyrrole nitrogens is 1. The number of aromatic nitrogens is 2. The molecule has 2 aromatic rings. The van der Waals surface area contributed by atoms with Crippen molar-refractivity contribution in [1.82, 2.24) is 10.2 Å². The number of halogens is 1. The molecule has 0 unspecified atom stereocenters. The van der Waals surface area contributed by atoms with Gasteiger partial charge in [-0.2, -0.15) is 5.10 Å². The van der Waals surface area contributed by atoms with Gasteiger partial charge in [0.1, 0.15) is 5.82 Å². The fourth-order valence-electron chi connectivity index (χ4n) is 1.76. The maximum Gasteiger partial charge on any atom is 0.153 e. The monoisotopic (exact) mass is 219 g/mol. The second-order valence-electron chi connectivity index (χ2n) is 3.72. The highest BCUT2D eigenvalue weighted by molar-refractivity contribution is 5.76. The van der Waals surface area contributed by atoms with E-state index in [2.05, 4.69) is 17.1 Å². The fraction of sp³-hybridized carbons (Fsp3) is 0.250. The van der Waals surface area contributed by atoms with Crippen molar-refractivity contribution in [2.24, 2.45) is 0 Å². The number of nitrogens with two attached hydrogens (primary N) is 1. The number of aromatic amines is 1. The van der Waals surface area contributed by atoms with Crippen LogP contribution in [0.3, 0.4) is 0 Å². The van der Waals surface area contributed by atoms with Crippen LogP contribution in [0.25, 0.3) is 11.1 Å². The van der Waals surface area contributed by atoms with Crippen molar-refractivity contribution in [3.8, 4) is 11.1 Å². The van der Waals surface area contributed by atoms with E-state index < -0.39 is 0 Å². The lowest BCUT2D eigenvalue weighted by atomic mass is 10.0. The number of rotatable bonds is 3. The molecule has 1 aromatic heterocycles. The molecule has 16 heavy (non-hydrogen) atoms. The Balaban J connectivity index is 2.45. The first-order valence-electron chi connectivity index (χ1n) is 5.31. The van der Waals surface area contributed by atoms with Gasteiger partial charge in [-0.15, -0.1) is 0 Å². The Kier molecular flexibility index (Phi) is 2.90. The molecule has 0 atom stereocenters. The first-order valence-corrected chi connectivity index (χ1v) is 5.31. The summed E-state index contributed by atoms with van der Waals surface area (Å²) in [5.74, 6) is 0.220. The molecule has 2 rings (SSSR count). The smallest absolute Gasteiger partial charge is 0.153 e. The maximum absolute atomic E-state index is 12.8. The van der Waals surface area contributed by atoms with Gasteiger partial charge in [-0.1, -0.05) is 25.5 Å². The molecule has 0 radical (unpaired) electrons. The largest absolute Gasteiger partial charge is 0.382 e. The van der Waals surface area contributed by atoms with Crippen LogP contribution in [0, 0.1) is 5.82 Å². The van der Waals surface area contributed by atoms with Crippen molar-refractivity contribution in [1.29, 1.82) is 0 Å². The predicted molar refractivity (Wildman–Crippen MR) is 62.4 cm³/mol. The minimum atomic E-state index is -0.247. The van der Waals surface area contributed by atoms with Gasteiger partial charge < -0.3 is 5.73 Å². The second kappa shape index (κ2) is 4.35. The highest BCUT2D eigenvalue weighted by atomic mass is 19.1. The summed E-state index contributed by atoms with van der Waals surface area (Å²) in [6.45, 7) is 2.09. The summed E-state index contributed by atoms with van der Waals surface area (Å²) in [7, 11) is 0. The third kappa shape index (κ3) is 1.91. The van der Waals surface area contributed by atoms with Crippen LogP contribution >= 0.6 is 0 Å². The average molecular weight is 219 g/mol. The molecule has 0 saturated heterocycles. The molecule has 0 saturated carbocycles. The van der Waals surface area contributed by atoms with Crippen molar-refractivity contribution in [3.05, 3.63) is 35.8 Å². The summed E-state index contributed by atoms with van der Waals surface area (Å²) in [4.78, 5) is 0. The fourth-order valence-corrected chi connectivity index (χ4v) is 1.76. The lowest BCUT2D eigenvalue weighted by Crippen LogP contribution is -1.91. The summed E-state index contributed by atoms with van der Waals surface area (Å²) in [5, 5.41) is 6.91. The second-order valence-corrected chi connectivity index (χ2v) is 3.72. The topological polar surface area (TPSA) is 54.7 Å². The van der Waals surface area contributed by atoms with Gasteiger partial charge in [-0.05, 0) is 24.1 Å². The number of hydrogen-bond acceptors (Lipinski definition) is 2. The molecule has 0 spiro atoms. The summed E-state index contributed by atoms with van der Waals surface area (Å²) < 4.78 is 12.8. The number of nitrogens with zero attached hydrogens (tertiary/aromatic N) is 1. The third-order valence-corrected chi connectivity index (χ3v) is 2.50. The Morgan fingerprint density at radius 3 is 2.62 bits per heavy atom. The van der Waals surface area contributed by atoms with Crippen LogP contribution in [0.2, 0.25) is 0 Å². The molecular weight excluding hydrogens is 205 g/mol. The lowest BCUT2D eigenvalue weighted by Gasteiger charge is -2.03. The van der Waals surface area contributed by atoms with E-state index in [0.717, 1.165) is 29.7 Å². The summed E-state index contributed by atoms with van der Waals surface area (Å²) >= 11 is 0. The van der Waals surface area contributed by atoms with E-state index in [4.69, 9.17) is 5.73 Å². The summed E-state index contributed by atoms with van der Waals surface area (Å²) in [5.41, 5.74) is 8.60. The molecule has 0 fully saturated rings. The molecular formula is C12H14FN3. The Morgan fingerprint density at radius 1 is 1.31 bits per heavy atom. The van der Waals surface area contributed by atoms with E-state index in [0.29, 0.717) is 5.82 Å². The zero-order chi connectivity index (χ0) is 11.5. The highest BCUT2D eigenvalue weighted by Gasteiger charge is 2.11. The van der Waals surface area contributed by atoms with Gasteiger partial charge in [0.15, 0.2) is 5.82 Å². The Bertz CT molecular complexity index is 474. The Hall–Kier alpha value is -1.84. The minimum absolute atomic E-state index is 0.247. The molecule has 3 N–H and O–H groups in total. The average Bonchev–Trinajstić information content (AvgIpc) is 2.62. The quantitative estimate of drug-likeness (QED) is 0.834. The number of anilines is 1. The molecule has 1 heterocycles. The number of hydrogen-bond donors (Lipinski definition) is 2. The van der Waals surface area contributed by atoms with Crippen molar-refractivity contribution in [3.63, 3.8) is 0 Å². The maximum atomic E-state index is 12.8. The predicted octanol–water partition coefficient (Wildman–Crippen LogP) is 2.75. The van der Waals surface area contributed by atoms with Crippen LogP contribution < -0.4 is 5.73 Å². The van der Waals surface area contributed by atoms with Crippen LogP contribution in [0.15, 0.2) is 24.3 Å². The van der Waals surface area contributed by atoms with Gasteiger partial charge in [-0.25, -0.2) is 4.39 Å². The van der Waals surface area contributed by atoms with E-state index in [1.807, 2.05) is 0 Å². The Labute approximate surface area is 93.5 Å². The standard InChI is InChI=1S/C12H14FN3/c1-2-3-10-11(12(14)16-15-10)8-4-6-9(13)7-5-8/h4-7H,2-3H2,1H3,(H3,14,15,16). The van der Waals surface area contributed by atoms with Gasteiger partial charge in [0, 0.05) is 11.3 Å². The SMILES string of the molecule is CCCc1[nH]nc(N)c1-c1ccc(F)cc1. The third-order valence-electron chi connectivity index (χ3n) is 2.50. The van der Waals surface area contributed by atoms with Gasteiger partial charge >= 0.3 is 0 Å². The molecule has 3 nitrogen and oxygen atoms in total. The van der Waals surface area contributed by atoms with E-state index in [1.165, 1.54) is 12.1 Å². The number of nitrogens with one attached hydrogen (secondary N) is 1. The van der Waals surface area contributed by atoms with Crippen molar-refractivity contribution >= 4 is 5.82 Å². The van der Waals surface area contributed by atoms with Crippen LogP contribution in [0.1, 0.15) is 19.0 Å². The highest BCUT2D eigenvalue weighted by Crippen LogP contribution is 2.28. The molecule has 0 bridgehead atoms. The number of aryl methyl sites for hydroxylation is 1. The van der Waals surface area contributed by atoms with E-state index >= 15 is 0 Å². The molecule has 0 aliphatic heterocycles. The van der Waals surface area contributed by atoms with Gasteiger partial charge in [0.05, 0.1) is 0 Å². The van der Waals surface area contributed by atoms with Crippen LogP contribution in [0.4, 0.5) is 10.2 Å². The van der Waals surface area contributed by atoms with Crippen molar-refractivity contribution in [2.45, 2.75) is 19.8 Å². The van der Waals surface area contributed by atoms with Gasteiger partial charge in [0.2, 0.25) is 0 Å². The van der Waals surface area contributed by atoms with Crippen LogP contribution in [-0.4, -0.2) is 10.2 Å². The van der Waals surface area contributed by atoms with E-state index in [9.17, 15) is 4.39 Å². The molecule has 0 aliphatic rings. The van der Waals surface area contributed by atoms with Crippen LogP contribution in [-0.2, 0) is 6.42 Å². The summed E-state index contributed by atoms with van der Waals surface area (Å²) in [6.07, 6.45) is 1.90. The van der Waals surface area contributed by atoms with Crippen molar-refractivity contribution < 1.29 is 4.39 Å². The van der Waals surface area contributed by atoms with Gasteiger partial charge in [-0.3, -0.25) is 5.10 Å². The number of nitrogen functional groups attached to an aromatic ring is 1. The summed E-state index contributed by atoms with van der Waals surface area (Å²) in [6, 6.07) is 6.29. The zero-order valence-corrected chi connectivity index (χ0v) is 9.13. The normalized spacial score (nSPS) is 10.6. The van der Waals surface area contributed by atoms with Gasteiger partial charge in [0.25, 0.3) is 0 Å².